The lowest BCUT2D eigenvalue weighted by atomic mass is 9.81. The Hall–Kier alpha value is -6.08. The van der Waals surface area contributed by atoms with Crippen LogP contribution in [0.4, 0.5) is 22.7 Å². The second-order valence-electron chi connectivity index (χ2n) is 21.6. The number of nitrogens with zero attached hydrogens (tertiary/aromatic N) is 4. The zero-order chi connectivity index (χ0) is 51.9. The molecule has 0 saturated carbocycles. The van der Waals surface area contributed by atoms with E-state index in [4.69, 9.17) is 0 Å². The Morgan fingerprint density at radius 1 is 0.592 bits per heavy atom. The number of carbonyl (C=O) groups is 2. The predicted octanol–water partition coefficient (Wildman–Crippen LogP) is 14.1. The lowest BCUT2D eigenvalue weighted by molar-refractivity contribution is -0.401. The largest absolute Gasteiger partial charge is 0.359 e. The number of benzene rings is 4. The summed E-state index contributed by atoms with van der Waals surface area (Å²) >= 11 is 0. The van der Waals surface area contributed by atoms with E-state index in [2.05, 4.69) is 228 Å². The number of anilines is 2. The Balaban J connectivity index is 0.000000225. The Morgan fingerprint density at radius 3 is 1.65 bits per heavy atom. The van der Waals surface area contributed by atoms with Gasteiger partial charge in [-0.15, -0.1) is 0 Å². The number of rotatable bonds is 15. The first-order chi connectivity index (χ1) is 33.8. The number of hydrogen-bond donors (Lipinski definition) is 1. The summed E-state index contributed by atoms with van der Waals surface area (Å²) in [6.07, 6.45) is 20.6. The van der Waals surface area contributed by atoms with Crippen molar-refractivity contribution in [3.8, 4) is 0 Å². The smallest absolute Gasteiger partial charge is 0.219 e. The van der Waals surface area contributed by atoms with Crippen molar-refractivity contribution in [2.75, 3.05) is 44.5 Å². The van der Waals surface area contributed by atoms with Crippen molar-refractivity contribution in [1.29, 1.82) is 0 Å². The molecule has 1 N–H and O–H groups in total. The van der Waals surface area contributed by atoms with Crippen LogP contribution in [0.3, 0.4) is 0 Å². The highest BCUT2D eigenvalue weighted by molar-refractivity contribution is 6.04. The number of allylic oxidation sites excluding steroid dienone is 8. The molecule has 8 rings (SSSR count). The molecule has 0 saturated heterocycles. The van der Waals surface area contributed by atoms with Crippen LogP contribution in [0, 0.1) is 0 Å². The van der Waals surface area contributed by atoms with Gasteiger partial charge in [0, 0.05) is 109 Å². The van der Waals surface area contributed by atoms with Crippen LogP contribution in [-0.4, -0.2) is 67.0 Å². The number of nitrogens with one attached hydrogen (secondary N) is 1. The molecule has 376 valence electrons. The minimum absolute atomic E-state index is 0.0226. The van der Waals surface area contributed by atoms with Crippen LogP contribution in [0.1, 0.15) is 149 Å². The number of para-hydroxylation sites is 3. The van der Waals surface area contributed by atoms with Gasteiger partial charge in [0.15, 0.2) is 11.4 Å². The molecule has 4 heterocycles. The molecule has 7 heteroatoms. The third-order valence-electron chi connectivity index (χ3n) is 15.7. The SMILES string of the molecule is CC.CCC(=O)CCc1ccc2c(c1)C(C)(C)/C(=C\C=C\C1=[N+](C)c3ccccc3C1(C)C)N2C.CNC(=O)CCCCCCN1/C(=C/C=C/C2=[N+](C)c3ccccc3C2(C)C)C(C)(C)c2ccccc21. The molecule has 4 aliphatic rings. The maximum Gasteiger partial charge on any atom is 0.219 e. The molecule has 0 fully saturated rings. The van der Waals surface area contributed by atoms with E-state index in [9.17, 15) is 9.59 Å². The van der Waals surface area contributed by atoms with E-state index in [1.165, 1.54) is 73.4 Å². The summed E-state index contributed by atoms with van der Waals surface area (Å²) in [7, 11) is 8.20. The summed E-state index contributed by atoms with van der Waals surface area (Å²) < 4.78 is 4.64. The molecule has 0 aliphatic carbocycles. The molecule has 0 unspecified atom stereocenters. The number of carbonyl (C=O) groups excluding carboxylic acids is 2. The summed E-state index contributed by atoms with van der Waals surface area (Å²) in [6, 6.07) is 32.9. The van der Waals surface area contributed by atoms with E-state index in [-0.39, 0.29) is 27.6 Å². The summed E-state index contributed by atoms with van der Waals surface area (Å²) in [5.41, 5.74) is 17.0. The monoisotopic (exact) mass is 956 g/mol. The van der Waals surface area contributed by atoms with Crippen LogP contribution in [-0.2, 0) is 37.7 Å². The number of ketones is 1. The lowest BCUT2D eigenvalue weighted by Gasteiger charge is -2.27. The Kier molecular flexibility index (Phi) is 17.2. The fourth-order valence-corrected chi connectivity index (χ4v) is 11.5. The Labute approximate surface area is 428 Å². The van der Waals surface area contributed by atoms with Crippen molar-refractivity contribution in [1.82, 2.24) is 5.32 Å². The second-order valence-corrected chi connectivity index (χ2v) is 21.6. The highest BCUT2D eigenvalue weighted by Crippen LogP contribution is 2.49. The number of unbranched alkanes of at least 4 members (excludes halogenated alkanes) is 3. The molecule has 4 aromatic carbocycles. The molecule has 4 aromatic rings. The topological polar surface area (TPSA) is 58.7 Å². The van der Waals surface area contributed by atoms with Gasteiger partial charge in [0.1, 0.15) is 19.9 Å². The molecule has 0 bridgehead atoms. The fraction of sp³-hybridized carbons (Fsp3) is 0.438. The number of amides is 1. The second kappa shape index (κ2) is 22.6. The van der Waals surface area contributed by atoms with Gasteiger partial charge in [-0.3, -0.25) is 9.59 Å². The highest BCUT2D eigenvalue weighted by atomic mass is 16.1. The van der Waals surface area contributed by atoms with Gasteiger partial charge in [0.05, 0.1) is 10.8 Å². The van der Waals surface area contributed by atoms with E-state index in [1.54, 1.807) is 7.05 Å². The summed E-state index contributed by atoms with van der Waals surface area (Å²) in [4.78, 5) is 28.1. The number of hydrogen-bond acceptors (Lipinski definition) is 4. The normalized spacial score (nSPS) is 18.6. The lowest BCUT2D eigenvalue weighted by Crippen LogP contribution is -2.27. The van der Waals surface area contributed by atoms with E-state index in [1.807, 2.05) is 20.8 Å². The first-order valence-corrected chi connectivity index (χ1v) is 26.4. The zero-order valence-electron chi connectivity index (χ0n) is 46.1. The van der Waals surface area contributed by atoms with Crippen LogP contribution in [0.15, 0.2) is 139 Å². The van der Waals surface area contributed by atoms with E-state index in [0.29, 0.717) is 25.0 Å². The third-order valence-corrected chi connectivity index (χ3v) is 15.7. The van der Waals surface area contributed by atoms with Crippen molar-refractivity contribution in [2.24, 2.45) is 0 Å². The number of fused-ring (bicyclic) bond motifs is 4. The summed E-state index contributed by atoms with van der Waals surface area (Å²) in [6.45, 7) is 25.4. The molecule has 71 heavy (non-hydrogen) atoms. The molecule has 4 aliphatic heterocycles. The highest BCUT2D eigenvalue weighted by Gasteiger charge is 2.45. The van der Waals surface area contributed by atoms with Gasteiger partial charge in [-0.05, 0) is 87.9 Å². The maximum absolute atomic E-state index is 11.8. The Bertz CT molecular complexity index is 2790. The van der Waals surface area contributed by atoms with Gasteiger partial charge >= 0.3 is 0 Å². The summed E-state index contributed by atoms with van der Waals surface area (Å²) in [5.74, 6) is 0.469. The van der Waals surface area contributed by atoms with Crippen molar-refractivity contribution in [2.45, 2.75) is 149 Å². The van der Waals surface area contributed by atoms with Crippen molar-refractivity contribution >= 4 is 45.9 Å². The molecule has 0 aromatic heterocycles. The van der Waals surface area contributed by atoms with Crippen LogP contribution >= 0.6 is 0 Å². The van der Waals surface area contributed by atoms with Gasteiger partial charge in [-0.25, -0.2) is 0 Å². The van der Waals surface area contributed by atoms with Crippen LogP contribution < -0.4 is 15.1 Å². The molecule has 7 nitrogen and oxygen atoms in total. The maximum atomic E-state index is 11.8. The Morgan fingerprint density at radius 2 is 1.10 bits per heavy atom. The van der Waals surface area contributed by atoms with Crippen LogP contribution in [0.2, 0.25) is 0 Å². The number of Topliss-reactive ketones (excluding diaryl/α,β-unsaturated/α-hetero) is 1. The number of aryl methyl sites for hydroxylation is 1. The molecular weight excluding hydrogens is 871 g/mol. The zero-order valence-corrected chi connectivity index (χ0v) is 46.1. The van der Waals surface area contributed by atoms with Gasteiger partial charge in [0.2, 0.25) is 17.3 Å². The average Bonchev–Trinajstić information content (AvgIpc) is 3.87. The van der Waals surface area contributed by atoms with E-state index < -0.39 is 0 Å². The van der Waals surface area contributed by atoms with Crippen molar-refractivity contribution < 1.29 is 18.7 Å². The van der Waals surface area contributed by atoms with E-state index in [0.717, 1.165) is 38.6 Å². The molecule has 0 radical (unpaired) electrons. The minimum Gasteiger partial charge on any atom is -0.359 e. The standard InChI is InChI=1S/C32H41N3O.C30H37N2O.C2H6/c1-31(2)24-16-10-12-18-26(24)34(6)28(31)20-15-21-29-32(3,4)25-17-11-13-19-27(25)35(29)23-14-8-7-9-22-30(36)33-5;1-8-22(33)18-16-21-17-19-26-24(20-21)30(4,5)28(32(26)7)15-11-14-27-29(2,3)23-12-9-10-13-25(23)31(27)6;1-2/h10-13,15-21H,7-9,14,22-23H2,1-6H3;9-15,17,19-20H,8,16,18H2,1-7H3;1-2H3/q;+1;/p+1. The molecular formula is C64H85N5O2+2. The molecule has 0 atom stereocenters. The van der Waals surface area contributed by atoms with Gasteiger partial charge in [0.25, 0.3) is 0 Å². The van der Waals surface area contributed by atoms with Gasteiger partial charge in [-0.2, -0.15) is 9.15 Å². The van der Waals surface area contributed by atoms with Crippen LogP contribution in [0.25, 0.3) is 0 Å². The predicted molar refractivity (Wildman–Crippen MR) is 302 cm³/mol. The molecule has 1 amide bonds. The van der Waals surface area contributed by atoms with Crippen molar-refractivity contribution in [3.63, 3.8) is 0 Å². The first kappa shape index (κ1) is 54.3. The molecule has 0 spiro atoms. The van der Waals surface area contributed by atoms with Gasteiger partial charge < -0.3 is 15.1 Å². The summed E-state index contributed by atoms with van der Waals surface area (Å²) in [5, 5.41) is 2.71. The fourth-order valence-electron chi connectivity index (χ4n) is 11.5. The minimum atomic E-state index is -0.0933. The third kappa shape index (κ3) is 10.9. The van der Waals surface area contributed by atoms with E-state index >= 15 is 0 Å². The first-order valence-electron chi connectivity index (χ1n) is 26.4. The van der Waals surface area contributed by atoms with Crippen molar-refractivity contribution in [3.05, 3.63) is 167 Å². The number of likely N-dealkylation sites (N-methyl/N-ethyl adjacent to an activating group) is 1. The average molecular weight is 956 g/mol. The van der Waals surface area contributed by atoms with Crippen LogP contribution in [0.5, 0.6) is 0 Å². The van der Waals surface area contributed by atoms with Gasteiger partial charge in [-0.1, -0.05) is 140 Å². The quantitative estimate of drug-likeness (QED) is 0.0953.